The number of ether oxygens (including phenoxy) is 2. The van der Waals surface area contributed by atoms with Crippen LogP contribution in [0.1, 0.15) is 37.2 Å². The summed E-state index contributed by atoms with van der Waals surface area (Å²) in [7, 11) is 5.51. The van der Waals surface area contributed by atoms with Crippen molar-refractivity contribution < 1.29 is 9.47 Å². The molecule has 0 bridgehead atoms. The van der Waals surface area contributed by atoms with Crippen molar-refractivity contribution in [3.05, 3.63) is 23.8 Å². The molecule has 0 spiro atoms. The Bertz CT molecular complexity index is 370. The van der Waals surface area contributed by atoms with Crippen molar-refractivity contribution in [3.8, 4) is 11.5 Å². The van der Waals surface area contributed by atoms with Gasteiger partial charge in [0.1, 0.15) is 11.5 Å². The van der Waals surface area contributed by atoms with Gasteiger partial charge in [0.15, 0.2) is 0 Å². The predicted molar refractivity (Wildman–Crippen MR) is 73.6 cm³/mol. The van der Waals surface area contributed by atoms with Crippen LogP contribution in [0.5, 0.6) is 11.5 Å². The van der Waals surface area contributed by atoms with Gasteiger partial charge in [-0.05, 0) is 32.0 Å². The first-order chi connectivity index (χ1) is 8.81. The van der Waals surface area contributed by atoms with Crippen molar-refractivity contribution in [3.63, 3.8) is 0 Å². The Morgan fingerprint density at radius 1 is 1.06 bits per heavy atom. The minimum absolute atomic E-state index is 0.481. The Kier molecular flexibility index (Phi) is 4.48. The van der Waals surface area contributed by atoms with Crippen LogP contribution in [0.25, 0.3) is 0 Å². The zero-order valence-electron chi connectivity index (χ0n) is 11.5. The van der Waals surface area contributed by atoms with Crippen LogP contribution in [0.2, 0.25) is 0 Å². The van der Waals surface area contributed by atoms with Gasteiger partial charge in [-0.3, -0.25) is 0 Å². The maximum atomic E-state index is 5.53. The molecule has 0 heterocycles. The topological polar surface area (TPSA) is 30.5 Å². The number of nitrogens with one attached hydrogen (secondary N) is 1. The third-order valence-corrected chi connectivity index (χ3v) is 3.97. The molecular weight excluding hydrogens is 226 g/mol. The lowest BCUT2D eigenvalue weighted by Crippen LogP contribution is -2.35. The van der Waals surface area contributed by atoms with E-state index in [2.05, 4.69) is 5.32 Å². The molecule has 0 aromatic heterocycles. The lowest BCUT2D eigenvalue weighted by Gasteiger charge is -2.33. The molecular formula is C15H23NO2. The molecule has 1 fully saturated rings. The highest BCUT2D eigenvalue weighted by Gasteiger charge is 2.29. The van der Waals surface area contributed by atoms with Crippen LogP contribution in [0, 0.1) is 0 Å². The maximum Gasteiger partial charge on any atom is 0.126 e. The highest BCUT2D eigenvalue weighted by Crippen LogP contribution is 2.42. The molecule has 1 saturated carbocycles. The Morgan fingerprint density at radius 2 is 1.67 bits per heavy atom. The van der Waals surface area contributed by atoms with E-state index in [1.807, 2.05) is 25.2 Å². The van der Waals surface area contributed by atoms with Crippen molar-refractivity contribution in [2.75, 3.05) is 21.3 Å². The summed E-state index contributed by atoms with van der Waals surface area (Å²) in [5.41, 5.74) is 1.22. The van der Waals surface area contributed by atoms with E-state index in [9.17, 15) is 0 Å². The van der Waals surface area contributed by atoms with E-state index in [0.29, 0.717) is 12.0 Å². The number of hydrogen-bond donors (Lipinski definition) is 1. The first kappa shape index (κ1) is 13.2. The molecule has 2 atom stereocenters. The maximum absolute atomic E-state index is 5.53. The fourth-order valence-electron chi connectivity index (χ4n) is 3.07. The fourth-order valence-corrected chi connectivity index (χ4v) is 3.07. The average molecular weight is 249 g/mol. The summed E-state index contributed by atoms with van der Waals surface area (Å²) in [6.45, 7) is 0. The van der Waals surface area contributed by atoms with Gasteiger partial charge in [-0.1, -0.05) is 18.9 Å². The summed E-state index contributed by atoms with van der Waals surface area (Å²) in [6.07, 6.45) is 5.01. The standard InChI is InChI=1S/C15H23NO2/c1-16-12-8-5-4-7-11(12)15-13(17-2)9-6-10-14(15)18-3/h6,9-12,16H,4-5,7-8H2,1-3H3. The van der Waals surface area contributed by atoms with E-state index in [4.69, 9.17) is 9.47 Å². The van der Waals surface area contributed by atoms with Gasteiger partial charge < -0.3 is 14.8 Å². The molecule has 1 aromatic rings. The van der Waals surface area contributed by atoms with Crippen LogP contribution in [0.3, 0.4) is 0 Å². The average Bonchev–Trinajstić information content (AvgIpc) is 2.46. The van der Waals surface area contributed by atoms with E-state index >= 15 is 0 Å². The molecule has 100 valence electrons. The van der Waals surface area contributed by atoms with E-state index in [0.717, 1.165) is 11.5 Å². The lowest BCUT2D eigenvalue weighted by atomic mass is 9.79. The molecule has 3 heteroatoms. The Hall–Kier alpha value is -1.22. The largest absolute Gasteiger partial charge is 0.496 e. The van der Waals surface area contributed by atoms with Gasteiger partial charge in [0, 0.05) is 17.5 Å². The van der Waals surface area contributed by atoms with Crippen molar-refractivity contribution in [2.45, 2.75) is 37.6 Å². The molecule has 0 radical (unpaired) electrons. The lowest BCUT2D eigenvalue weighted by molar-refractivity contribution is 0.316. The fraction of sp³-hybridized carbons (Fsp3) is 0.600. The monoisotopic (exact) mass is 249 g/mol. The number of methoxy groups -OCH3 is 2. The second-order valence-corrected chi connectivity index (χ2v) is 4.86. The Labute approximate surface area is 109 Å². The number of hydrogen-bond acceptors (Lipinski definition) is 3. The minimum atomic E-state index is 0.481. The van der Waals surface area contributed by atoms with Crippen molar-refractivity contribution in [1.29, 1.82) is 0 Å². The van der Waals surface area contributed by atoms with Crippen LogP contribution >= 0.6 is 0 Å². The zero-order valence-corrected chi connectivity index (χ0v) is 11.5. The van der Waals surface area contributed by atoms with Gasteiger partial charge in [0.25, 0.3) is 0 Å². The van der Waals surface area contributed by atoms with Crippen LogP contribution in [-0.2, 0) is 0 Å². The quantitative estimate of drug-likeness (QED) is 0.890. The van der Waals surface area contributed by atoms with Crippen molar-refractivity contribution in [2.24, 2.45) is 0 Å². The normalized spacial score (nSPS) is 23.7. The molecule has 1 aromatic carbocycles. The van der Waals surface area contributed by atoms with Crippen molar-refractivity contribution in [1.82, 2.24) is 5.32 Å². The molecule has 1 N–H and O–H groups in total. The minimum Gasteiger partial charge on any atom is -0.496 e. The summed E-state index contributed by atoms with van der Waals surface area (Å²) in [6, 6.07) is 6.56. The van der Waals surface area contributed by atoms with E-state index in [1.165, 1.54) is 31.2 Å². The van der Waals surface area contributed by atoms with Gasteiger partial charge >= 0.3 is 0 Å². The second-order valence-electron chi connectivity index (χ2n) is 4.86. The first-order valence-electron chi connectivity index (χ1n) is 6.70. The van der Waals surface area contributed by atoms with Crippen LogP contribution < -0.4 is 14.8 Å². The van der Waals surface area contributed by atoms with Gasteiger partial charge in [0.05, 0.1) is 14.2 Å². The second kappa shape index (κ2) is 6.10. The van der Waals surface area contributed by atoms with Gasteiger partial charge in [-0.15, -0.1) is 0 Å². The number of benzene rings is 1. The SMILES string of the molecule is CNC1CCCCC1c1c(OC)cccc1OC. The van der Waals surface area contributed by atoms with Crippen LogP contribution in [-0.4, -0.2) is 27.3 Å². The molecule has 18 heavy (non-hydrogen) atoms. The van der Waals surface area contributed by atoms with Gasteiger partial charge in [-0.25, -0.2) is 0 Å². The summed E-state index contributed by atoms with van der Waals surface area (Å²) >= 11 is 0. The number of rotatable bonds is 4. The first-order valence-corrected chi connectivity index (χ1v) is 6.70. The van der Waals surface area contributed by atoms with Crippen LogP contribution in [0.15, 0.2) is 18.2 Å². The molecule has 0 aliphatic heterocycles. The summed E-state index contributed by atoms with van der Waals surface area (Å²) in [4.78, 5) is 0. The third-order valence-electron chi connectivity index (χ3n) is 3.97. The summed E-state index contributed by atoms with van der Waals surface area (Å²) in [5, 5.41) is 3.44. The van der Waals surface area contributed by atoms with Crippen molar-refractivity contribution >= 4 is 0 Å². The molecule has 1 aliphatic carbocycles. The highest BCUT2D eigenvalue weighted by atomic mass is 16.5. The predicted octanol–water partition coefficient (Wildman–Crippen LogP) is 2.95. The highest BCUT2D eigenvalue weighted by molar-refractivity contribution is 5.48. The molecule has 1 aliphatic rings. The summed E-state index contributed by atoms with van der Waals surface area (Å²) < 4.78 is 11.1. The summed E-state index contributed by atoms with van der Waals surface area (Å²) in [5.74, 6) is 2.37. The number of likely N-dealkylation sites (N-methyl/N-ethyl adjacent to an activating group) is 1. The Balaban J connectivity index is 2.40. The van der Waals surface area contributed by atoms with Crippen LogP contribution in [0.4, 0.5) is 0 Å². The Morgan fingerprint density at radius 3 is 2.22 bits per heavy atom. The molecule has 3 nitrogen and oxygen atoms in total. The third kappa shape index (κ3) is 2.46. The van der Waals surface area contributed by atoms with E-state index in [-0.39, 0.29) is 0 Å². The molecule has 0 saturated heterocycles. The molecule has 0 amide bonds. The smallest absolute Gasteiger partial charge is 0.126 e. The molecule has 2 rings (SSSR count). The van der Waals surface area contributed by atoms with Gasteiger partial charge in [-0.2, -0.15) is 0 Å². The van der Waals surface area contributed by atoms with E-state index in [1.54, 1.807) is 14.2 Å². The molecule has 2 unspecified atom stereocenters. The zero-order chi connectivity index (χ0) is 13.0. The van der Waals surface area contributed by atoms with Gasteiger partial charge in [0.2, 0.25) is 0 Å². The van der Waals surface area contributed by atoms with E-state index < -0.39 is 0 Å².